The maximum atomic E-state index is 12.4. The average Bonchev–Trinajstić information content (AvgIpc) is 3.07. The zero-order chi connectivity index (χ0) is 19.9. The van der Waals surface area contributed by atoms with Crippen LogP contribution in [-0.2, 0) is 9.59 Å². The highest BCUT2D eigenvalue weighted by atomic mass is 35.5. The molecule has 1 unspecified atom stereocenters. The molecule has 2 N–H and O–H groups in total. The molecule has 150 valence electrons. The van der Waals surface area contributed by atoms with Crippen molar-refractivity contribution >= 4 is 40.4 Å². The first-order valence-corrected chi connectivity index (χ1v) is 11.0. The highest BCUT2D eigenvalue weighted by molar-refractivity contribution is 7.08. The summed E-state index contributed by atoms with van der Waals surface area (Å²) in [7, 11) is 0. The SMILES string of the molecule is Cc1ccc(NC(=O)C(=O)NCC(c2ccsc2)N2CCCCCC2)cc1Cl. The minimum atomic E-state index is -0.681. The van der Waals surface area contributed by atoms with Crippen LogP contribution >= 0.6 is 22.9 Å². The molecule has 1 aliphatic heterocycles. The number of aryl methyl sites for hydroxylation is 1. The Morgan fingerprint density at radius 3 is 2.54 bits per heavy atom. The lowest BCUT2D eigenvalue weighted by molar-refractivity contribution is -0.136. The normalized spacial score (nSPS) is 16.2. The van der Waals surface area contributed by atoms with Crippen molar-refractivity contribution < 1.29 is 9.59 Å². The Kier molecular flexibility index (Phi) is 7.48. The molecule has 1 fully saturated rings. The van der Waals surface area contributed by atoms with E-state index < -0.39 is 11.8 Å². The second-order valence-corrected chi connectivity index (χ2v) is 8.34. The van der Waals surface area contributed by atoms with Gasteiger partial charge in [-0.15, -0.1) is 0 Å². The van der Waals surface area contributed by atoms with E-state index in [0.717, 1.165) is 18.7 Å². The maximum Gasteiger partial charge on any atom is 0.313 e. The molecule has 3 rings (SSSR count). The van der Waals surface area contributed by atoms with E-state index in [1.165, 1.54) is 31.2 Å². The van der Waals surface area contributed by atoms with Crippen LogP contribution in [0.5, 0.6) is 0 Å². The number of benzene rings is 1. The second kappa shape index (κ2) is 10.0. The van der Waals surface area contributed by atoms with Crippen LogP contribution in [0.2, 0.25) is 5.02 Å². The fourth-order valence-corrected chi connectivity index (χ4v) is 4.34. The third-order valence-corrected chi connectivity index (χ3v) is 6.21. The van der Waals surface area contributed by atoms with Crippen molar-refractivity contribution in [1.29, 1.82) is 0 Å². The highest BCUT2D eigenvalue weighted by Crippen LogP contribution is 2.25. The van der Waals surface area contributed by atoms with E-state index in [1.54, 1.807) is 23.5 Å². The quantitative estimate of drug-likeness (QED) is 0.707. The first-order chi connectivity index (χ1) is 13.5. The van der Waals surface area contributed by atoms with Gasteiger partial charge in [-0.05, 0) is 72.9 Å². The minimum Gasteiger partial charge on any atom is -0.346 e. The molecule has 0 aliphatic carbocycles. The molecule has 28 heavy (non-hydrogen) atoms. The van der Waals surface area contributed by atoms with E-state index in [1.807, 2.05) is 13.0 Å². The van der Waals surface area contributed by atoms with Gasteiger partial charge >= 0.3 is 11.8 Å². The Morgan fingerprint density at radius 1 is 1.14 bits per heavy atom. The summed E-state index contributed by atoms with van der Waals surface area (Å²) >= 11 is 7.73. The van der Waals surface area contributed by atoms with Crippen molar-refractivity contribution in [2.24, 2.45) is 0 Å². The molecule has 1 aromatic carbocycles. The van der Waals surface area contributed by atoms with Crippen LogP contribution < -0.4 is 10.6 Å². The maximum absolute atomic E-state index is 12.4. The van der Waals surface area contributed by atoms with Gasteiger partial charge in [-0.25, -0.2) is 0 Å². The lowest BCUT2D eigenvalue weighted by atomic mass is 10.1. The summed E-state index contributed by atoms with van der Waals surface area (Å²) in [6.07, 6.45) is 4.84. The van der Waals surface area contributed by atoms with Gasteiger partial charge in [-0.2, -0.15) is 11.3 Å². The minimum absolute atomic E-state index is 0.0925. The number of hydrogen-bond donors (Lipinski definition) is 2. The summed E-state index contributed by atoms with van der Waals surface area (Å²) in [6.45, 7) is 4.33. The van der Waals surface area contributed by atoms with Crippen molar-refractivity contribution in [1.82, 2.24) is 10.2 Å². The zero-order valence-corrected chi connectivity index (χ0v) is 17.6. The lowest BCUT2D eigenvalue weighted by Crippen LogP contribution is -2.42. The molecular weight excluding hydrogens is 394 g/mol. The van der Waals surface area contributed by atoms with Gasteiger partial charge in [-0.3, -0.25) is 14.5 Å². The molecule has 0 spiro atoms. The van der Waals surface area contributed by atoms with E-state index in [9.17, 15) is 9.59 Å². The largest absolute Gasteiger partial charge is 0.346 e. The third-order valence-electron chi connectivity index (χ3n) is 5.10. The molecule has 1 saturated heterocycles. The topological polar surface area (TPSA) is 61.4 Å². The number of hydrogen-bond acceptors (Lipinski definition) is 4. The monoisotopic (exact) mass is 419 g/mol. The molecular formula is C21H26ClN3O2S. The summed E-state index contributed by atoms with van der Waals surface area (Å²) in [4.78, 5) is 27.0. The number of carbonyl (C=O) groups excluding carboxylic acids is 2. The first kappa shape index (κ1) is 20.8. The van der Waals surface area contributed by atoms with Crippen molar-refractivity contribution in [2.45, 2.75) is 38.6 Å². The van der Waals surface area contributed by atoms with Gasteiger partial charge in [0, 0.05) is 17.3 Å². The van der Waals surface area contributed by atoms with E-state index in [4.69, 9.17) is 11.6 Å². The molecule has 7 heteroatoms. The van der Waals surface area contributed by atoms with E-state index >= 15 is 0 Å². The van der Waals surface area contributed by atoms with Crippen molar-refractivity contribution in [3.05, 3.63) is 51.2 Å². The number of likely N-dealkylation sites (tertiary alicyclic amines) is 1. The molecule has 0 radical (unpaired) electrons. The summed E-state index contributed by atoms with van der Waals surface area (Å²) < 4.78 is 0. The van der Waals surface area contributed by atoms with Crippen LogP contribution in [0, 0.1) is 6.92 Å². The standard InChI is InChI=1S/C21H26ClN3O2S/c1-15-6-7-17(12-18(15)22)24-21(27)20(26)23-13-19(16-8-11-28-14-16)25-9-4-2-3-5-10-25/h6-8,11-12,14,19H,2-5,9-10,13H2,1H3,(H,23,26)(H,24,27). The van der Waals surface area contributed by atoms with Gasteiger partial charge in [0.15, 0.2) is 0 Å². The second-order valence-electron chi connectivity index (χ2n) is 7.15. The number of nitrogens with one attached hydrogen (secondary N) is 2. The number of thiophene rings is 1. The van der Waals surface area contributed by atoms with Crippen molar-refractivity contribution in [3.63, 3.8) is 0 Å². The number of carbonyl (C=O) groups is 2. The molecule has 1 aliphatic rings. The summed E-state index contributed by atoms with van der Waals surface area (Å²) in [5, 5.41) is 10.1. The van der Waals surface area contributed by atoms with Crippen molar-refractivity contribution in [2.75, 3.05) is 25.0 Å². The smallest absolute Gasteiger partial charge is 0.313 e. The molecule has 0 saturated carbocycles. The molecule has 2 heterocycles. The Bertz CT molecular complexity index is 802. The zero-order valence-electron chi connectivity index (χ0n) is 16.0. The molecule has 2 aromatic rings. The third kappa shape index (κ3) is 5.56. The first-order valence-electron chi connectivity index (χ1n) is 9.66. The fourth-order valence-electron chi connectivity index (χ4n) is 3.46. The summed E-state index contributed by atoms with van der Waals surface area (Å²) in [5.74, 6) is -1.31. The van der Waals surface area contributed by atoms with E-state index in [2.05, 4.69) is 32.4 Å². The number of amides is 2. The van der Waals surface area contributed by atoms with E-state index in [0.29, 0.717) is 17.3 Å². The van der Waals surface area contributed by atoms with Gasteiger partial charge in [0.2, 0.25) is 0 Å². The van der Waals surface area contributed by atoms with Crippen LogP contribution in [0.15, 0.2) is 35.0 Å². The van der Waals surface area contributed by atoms with Gasteiger partial charge in [0.1, 0.15) is 0 Å². The molecule has 1 atom stereocenters. The fraction of sp³-hybridized carbons (Fsp3) is 0.429. The van der Waals surface area contributed by atoms with Gasteiger partial charge in [0.25, 0.3) is 0 Å². The molecule has 1 aromatic heterocycles. The molecule has 0 bridgehead atoms. The van der Waals surface area contributed by atoms with Gasteiger partial charge in [0.05, 0.1) is 6.04 Å². The van der Waals surface area contributed by atoms with Crippen molar-refractivity contribution in [3.8, 4) is 0 Å². The molecule has 2 amide bonds. The number of rotatable bonds is 5. The van der Waals surface area contributed by atoms with Gasteiger partial charge < -0.3 is 10.6 Å². The average molecular weight is 420 g/mol. The summed E-state index contributed by atoms with van der Waals surface area (Å²) in [6, 6.07) is 7.38. The number of halogens is 1. The highest BCUT2D eigenvalue weighted by Gasteiger charge is 2.24. The van der Waals surface area contributed by atoms with Crippen LogP contribution in [0.1, 0.15) is 42.9 Å². The Balaban J connectivity index is 1.60. The van der Waals surface area contributed by atoms with Crippen LogP contribution in [0.3, 0.4) is 0 Å². The Hall–Kier alpha value is -1.89. The van der Waals surface area contributed by atoms with Crippen LogP contribution in [0.25, 0.3) is 0 Å². The number of nitrogens with zero attached hydrogens (tertiary/aromatic N) is 1. The van der Waals surface area contributed by atoms with Gasteiger partial charge in [-0.1, -0.05) is 30.5 Å². The van der Waals surface area contributed by atoms with Crippen LogP contribution in [0.4, 0.5) is 5.69 Å². The predicted molar refractivity (Wildman–Crippen MR) is 115 cm³/mol. The Morgan fingerprint density at radius 2 is 1.89 bits per heavy atom. The summed E-state index contributed by atoms with van der Waals surface area (Å²) in [5.41, 5.74) is 2.62. The Labute approximate surface area is 175 Å². The predicted octanol–water partition coefficient (Wildman–Crippen LogP) is 4.38. The van der Waals surface area contributed by atoms with Crippen LogP contribution in [-0.4, -0.2) is 36.3 Å². The number of anilines is 1. The molecule has 5 nitrogen and oxygen atoms in total. The van der Waals surface area contributed by atoms with E-state index in [-0.39, 0.29) is 6.04 Å². The lowest BCUT2D eigenvalue weighted by Gasteiger charge is -2.30.